The Hall–Kier alpha value is -4.81. The summed E-state index contributed by atoms with van der Waals surface area (Å²) < 4.78 is 1.74. The number of aromatic nitrogens is 1. The van der Waals surface area contributed by atoms with E-state index in [4.69, 9.17) is 0 Å². The normalized spacial score (nSPS) is 12.0. The summed E-state index contributed by atoms with van der Waals surface area (Å²) in [5.74, 6) is -0.582. The van der Waals surface area contributed by atoms with Crippen molar-refractivity contribution in [2.24, 2.45) is 0 Å². The molecule has 0 unspecified atom stereocenters. The van der Waals surface area contributed by atoms with Crippen molar-refractivity contribution in [1.82, 2.24) is 9.88 Å². The van der Waals surface area contributed by atoms with E-state index in [-0.39, 0.29) is 20.5 Å². The van der Waals surface area contributed by atoms with E-state index in [1.807, 2.05) is 36.4 Å². The Labute approximate surface area is 209 Å². The molecule has 178 valence electrons. The largest absolute Gasteiger partial charge is 0.351 e. The minimum absolute atomic E-state index is 0.106. The van der Waals surface area contributed by atoms with Crippen LogP contribution in [0.5, 0.6) is 0 Å². The first kappa shape index (κ1) is 24.3. The van der Waals surface area contributed by atoms with Crippen LogP contribution in [0.2, 0.25) is 0 Å². The SMILES string of the molecule is N#CC(C(=O)NCCc1ccccc1)=c1sc(=Cc2cccc([N+](=O)[O-])c2)c(=O)n1-c1ccccc1. The van der Waals surface area contributed by atoms with Crippen LogP contribution in [0.1, 0.15) is 11.1 Å². The summed E-state index contributed by atoms with van der Waals surface area (Å²) in [5, 5.41) is 23.8. The standard InChI is InChI=1S/C27H20N4O4S/c28-18-23(25(32)29-15-14-19-8-3-1-4-9-19)27-30(21-11-5-2-6-12-21)26(33)24(36-27)17-20-10-7-13-22(16-20)31(34)35/h1-13,16-17H,14-15H2,(H,29,32). The van der Waals surface area contributed by atoms with Gasteiger partial charge in [-0.3, -0.25) is 24.3 Å². The number of carbonyl (C=O) groups excluding carboxylic acids is 1. The van der Waals surface area contributed by atoms with Crippen molar-refractivity contribution < 1.29 is 9.72 Å². The molecule has 0 fully saturated rings. The molecule has 4 rings (SSSR count). The number of nitro groups is 1. The fourth-order valence-electron chi connectivity index (χ4n) is 3.59. The average molecular weight is 497 g/mol. The summed E-state index contributed by atoms with van der Waals surface area (Å²) in [4.78, 5) is 37.0. The molecule has 36 heavy (non-hydrogen) atoms. The van der Waals surface area contributed by atoms with Crippen molar-refractivity contribution in [3.05, 3.63) is 126 Å². The zero-order valence-corrected chi connectivity index (χ0v) is 19.8. The van der Waals surface area contributed by atoms with Gasteiger partial charge in [0.25, 0.3) is 17.2 Å². The summed E-state index contributed by atoms with van der Waals surface area (Å²) in [6, 6.07) is 26.2. The molecule has 0 radical (unpaired) electrons. The molecule has 8 nitrogen and oxygen atoms in total. The van der Waals surface area contributed by atoms with Gasteiger partial charge in [0, 0.05) is 18.7 Å². The van der Waals surface area contributed by atoms with Gasteiger partial charge in [-0.25, -0.2) is 0 Å². The maximum absolute atomic E-state index is 13.4. The van der Waals surface area contributed by atoms with Crippen molar-refractivity contribution in [1.29, 1.82) is 5.26 Å². The van der Waals surface area contributed by atoms with Crippen LogP contribution >= 0.6 is 11.3 Å². The van der Waals surface area contributed by atoms with Crippen molar-refractivity contribution in [3.63, 3.8) is 0 Å². The lowest BCUT2D eigenvalue weighted by Crippen LogP contribution is -2.34. The molecule has 3 aromatic carbocycles. The lowest BCUT2D eigenvalue weighted by Gasteiger charge is -2.06. The first-order valence-electron chi connectivity index (χ1n) is 11.0. The molecule has 1 amide bonds. The second-order valence-corrected chi connectivity index (χ2v) is 8.75. The van der Waals surface area contributed by atoms with Gasteiger partial charge in [0.1, 0.15) is 10.7 Å². The van der Waals surface area contributed by atoms with Crippen LogP contribution in [0.15, 0.2) is 89.7 Å². The summed E-state index contributed by atoms with van der Waals surface area (Å²) >= 11 is 0.986. The molecule has 4 aromatic rings. The monoisotopic (exact) mass is 496 g/mol. The first-order chi connectivity index (χ1) is 17.5. The molecule has 0 aliphatic heterocycles. The Bertz CT molecular complexity index is 1640. The highest BCUT2D eigenvalue weighted by molar-refractivity contribution is 7.07. The molecule has 0 saturated carbocycles. The molecule has 1 aromatic heterocycles. The van der Waals surface area contributed by atoms with Crippen LogP contribution in [0.3, 0.4) is 0 Å². The van der Waals surface area contributed by atoms with Crippen molar-refractivity contribution in [2.75, 3.05) is 6.54 Å². The number of thiazole rings is 1. The second-order valence-electron chi connectivity index (χ2n) is 7.72. The molecule has 0 saturated heterocycles. The quantitative estimate of drug-likeness (QED) is 0.312. The summed E-state index contributed by atoms with van der Waals surface area (Å²) in [7, 11) is 0. The van der Waals surface area contributed by atoms with Gasteiger partial charge >= 0.3 is 0 Å². The Balaban J connectivity index is 1.81. The third-order valence-electron chi connectivity index (χ3n) is 5.31. The van der Waals surface area contributed by atoms with Gasteiger partial charge in [-0.1, -0.05) is 60.7 Å². The van der Waals surface area contributed by atoms with Gasteiger partial charge in [-0.05, 0) is 35.8 Å². The van der Waals surface area contributed by atoms with E-state index in [1.165, 1.54) is 28.8 Å². The van der Waals surface area contributed by atoms with Gasteiger partial charge in [0.2, 0.25) is 0 Å². The summed E-state index contributed by atoms with van der Waals surface area (Å²) in [6.07, 6.45) is 2.11. The molecule has 0 aliphatic rings. The molecule has 0 bridgehead atoms. The molecule has 1 N–H and O–H groups in total. The highest BCUT2D eigenvalue weighted by atomic mass is 32.1. The van der Waals surface area contributed by atoms with Crippen molar-refractivity contribution in [2.45, 2.75) is 6.42 Å². The van der Waals surface area contributed by atoms with Crippen molar-refractivity contribution >= 4 is 34.6 Å². The Morgan fingerprint density at radius 2 is 1.75 bits per heavy atom. The topological polar surface area (TPSA) is 118 Å². The predicted molar refractivity (Wildman–Crippen MR) is 138 cm³/mol. The number of nitrogens with one attached hydrogen (secondary N) is 1. The molecule has 0 spiro atoms. The van der Waals surface area contributed by atoms with E-state index in [2.05, 4.69) is 5.32 Å². The van der Waals surface area contributed by atoms with Crippen LogP contribution in [0, 0.1) is 21.4 Å². The summed E-state index contributed by atoms with van der Waals surface area (Å²) in [6.45, 7) is 0.321. The fraction of sp³-hybridized carbons (Fsp3) is 0.0741. The lowest BCUT2D eigenvalue weighted by molar-refractivity contribution is -0.384. The molecule has 0 atom stereocenters. The van der Waals surface area contributed by atoms with E-state index < -0.39 is 16.4 Å². The lowest BCUT2D eigenvalue weighted by atomic mass is 10.1. The highest BCUT2D eigenvalue weighted by Crippen LogP contribution is 2.13. The van der Waals surface area contributed by atoms with E-state index in [0.717, 1.165) is 16.9 Å². The number of carbonyl (C=O) groups is 1. The maximum Gasteiger partial charge on any atom is 0.273 e. The Kier molecular flexibility index (Phi) is 7.48. The van der Waals surface area contributed by atoms with E-state index in [0.29, 0.717) is 24.2 Å². The van der Waals surface area contributed by atoms with Crippen LogP contribution in [0.25, 0.3) is 17.3 Å². The van der Waals surface area contributed by atoms with Crippen LogP contribution in [-0.4, -0.2) is 21.9 Å². The number of para-hydroxylation sites is 1. The van der Waals surface area contributed by atoms with Gasteiger partial charge in [-0.15, -0.1) is 11.3 Å². The van der Waals surface area contributed by atoms with E-state index in [9.17, 15) is 25.0 Å². The van der Waals surface area contributed by atoms with Crippen molar-refractivity contribution in [3.8, 4) is 11.8 Å². The van der Waals surface area contributed by atoms with E-state index in [1.54, 1.807) is 36.4 Å². The predicted octanol–water partition coefficient (Wildman–Crippen LogP) is 2.67. The minimum atomic E-state index is -0.582. The maximum atomic E-state index is 13.4. The van der Waals surface area contributed by atoms with Crippen LogP contribution in [0.4, 0.5) is 5.69 Å². The minimum Gasteiger partial charge on any atom is -0.351 e. The molecule has 9 heteroatoms. The number of nitriles is 1. The number of nitrogens with zero attached hydrogens (tertiary/aromatic N) is 3. The number of nitro benzene ring substituents is 1. The average Bonchev–Trinajstić information content (AvgIpc) is 3.21. The third kappa shape index (κ3) is 5.46. The van der Waals surface area contributed by atoms with Gasteiger partial charge in [-0.2, -0.15) is 5.26 Å². The Morgan fingerprint density at radius 3 is 2.42 bits per heavy atom. The first-order valence-corrected chi connectivity index (χ1v) is 11.8. The molecular formula is C27H20N4O4S. The third-order valence-corrected chi connectivity index (χ3v) is 6.40. The number of rotatable bonds is 7. The van der Waals surface area contributed by atoms with Crippen LogP contribution in [-0.2, 0) is 11.2 Å². The smallest absolute Gasteiger partial charge is 0.273 e. The Morgan fingerprint density at radius 1 is 1.06 bits per heavy atom. The van der Waals surface area contributed by atoms with E-state index >= 15 is 0 Å². The molecule has 1 heterocycles. The number of amides is 1. The van der Waals surface area contributed by atoms with Crippen LogP contribution < -0.4 is 20.1 Å². The molecule has 0 aliphatic carbocycles. The molecular weight excluding hydrogens is 476 g/mol. The van der Waals surface area contributed by atoms with Gasteiger partial charge in [0.15, 0.2) is 5.57 Å². The zero-order valence-electron chi connectivity index (χ0n) is 19.0. The number of benzene rings is 3. The number of non-ortho nitro benzene ring substituents is 1. The summed E-state index contributed by atoms with van der Waals surface area (Å²) in [5.41, 5.74) is 1.27. The zero-order chi connectivity index (χ0) is 25.5. The fourth-order valence-corrected chi connectivity index (χ4v) is 4.69. The number of hydrogen-bond donors (Lipinski definition) is 1. The second kappa shape index (κ2) is 11.1. The van der Waals surface area contributed by atoms with Gasteiger partial charge in [0.05, 0.1) is 15.1 Å². The number of hydrogen-bond acceptors (Lipinski definition) is 6. The highest BCUT2D eigenvalue weighted by Gasteiger charge is 2.17. The van der Waals surface area contributed by atoms with Gasteiger partial charge < -0.3 is 5.32 Å².